The third kappa shape index (κ3) is 4.59. The van der Waals surface area contributed by atoms with Crippen LogP contribution in [0.25, 0.3) is 0 Å². The van der Waals surface area contributed by atoms with Crippen LogP contribution in [0.3, 0.4) is 0 Å². The van der Waals surface area contributed by atoms with Gasteiger partial charge in [0.05, 0.1) is 16.6 Å². The quantitative estimate of drug-likeness (QED) is 0.807. The minimum Gasteiger partial charge on any atom is -0.326 e. The van der Waals surface area contributed by atoms with Crippen LogP contribution in [0, 0.1) is 5.92 Å². The fourth-order valence-electron chi connectivity index (χ4n) is 2.89. The van der Waals surface area contributed by atoms with Crippen molar-refractivity contribution in [3.8, 4) is 0 Å². The average molecular weight is 406 g/mol. The van der Waals surface area contributed by atoms with Gasteiger partial charge in [-0.15, -0.1) is 0 Å². The van der Waals surface area contributed by atoms with E-state index in [0.717, 1.165) is 0 Å². The maximum atomic E-state index is 12.5. The smallest absolute Gasteiger partial charge is 0.229 e. The second kappa shape index (κ2) is 7.98. The summed E-state index contributed by atoms with van der Waals surface area (Å²) in [7, 11) is 0. The number of halogens is 2. The van der Waals surface area contributed by atoms with Crippen molar-refractivity contribution in [2.24, 2.45) is 5.92 Å². The van der Waals surface area contributed by atoms with Gasteiger partial charge >= 0.3 is 0 Å². The molecule has 2 aromatic rings. The number of nitrogens with zero attached hydrogens (tertiary/aromatic N) is 1. The van der Waals surface area contributed by atoms with Crippen molar-refractivity contribution in [3.05, 3.63) is 52.5 Å². The molecular weight excluding hydrogens is 389 g/mol. The summed E-state index contributed by atoms with van der Waals surface area (Å²) < 4.78 is 0. The van der Waals surface area contributed by atoms with Gasteiger partial charge < -0.3 is 15.5 Å². The minimum absolute atomic E-state index is 0.109. The van der Waals surface area contributed by atoms with E-state index in [-0.39, 0.29) is 30.7 Å². The SMILES string of the molecule is CC(=O)Nc1ccc(N2CC(C(=O)Nc3cc(Cl)ccc3Cl)CC2=O)cc1. The molecule has 1 unspecified atom stereocenters. The van der Waals surface area contributed by atoms with Crippen LogP contribution < -0.4 is 15.5 Å². The summed E-state index contributed by atoms with van der Waals surface area (Å²) in [6.07, 6.45) is 0.109. The molecule has 0 radical (unpaired) electrons. The lowest BCUT2D eigenvalue weighted by molar-refractivity contribution is -0.122. The topological polar surface area (TPSA) is 78.5 Å². The van der Waals surface area contributed by atoms with Crippen LogP contribution in [-0.4, -0.2) is 24.3 Å². The maximum absolute atomic E-state index is 12.5. The number of amides is 3. The monoisotopic (exact) mass is 405 g/mol. The number of carbonyl (C=O) groups is 3. The number of hydrogen-bond donors (Lipinski definition) is 2. The van der Waals surface area contributed by atoms with Crippen LogP contribution in [0.5, 0.6) is 0 Å². The molecule has 1 aliphatic rings. The van der Waals surface area contributed by atoms with Crippen molar-refractivity contribution in [2.75, 3.05) is 22.1 Å². The number of rotatable bonds is 4. The molecule has 8 heteroatoms. The van der Waals surface area contributed by atoms with E-state index in [2.05, 4.69) is 10.6 Å². The normalized spacial score (nSPS) is 16.3. The van der Waals surface area contributed by atoms with Crippen molar-refractivity contribution < 1.29 is 14.4 Å². The Hall–Kier alpha value is -2.57. The second-order valence-corrected chi connectivity index (χ2v) is 7.09. The molecule has 0 bridgehead atoms. The molecule has 1 atom stereocenters. The summed E-state index contributed by atoms with van der Waals surface area (Å²) in [4.78, 5) is 37.5. The van der Waals surface area contributed by atoms with Gasteiger partial charge in [0, 0.05) is 36.3 Å². The van der Waals surface area contributed by atoms with Crippen molar-refractivity contribution in [3.63, 3.8) is 0 Å². The van der Waals surface area contributed by atoms with Gasteiger partial charge in [0.1, 0.15) is 0 Å². The van der Waals surface area contributed by atoms with Gasteiger partial charge in [-0.05, 0) is 42.5 Å². The predicted octanol–water partition coefficient (Wildman–Crippen LogP) is 3.94. The highest BCUT2D eigenvalue weighted by molar-refractivity contribution is 6.35. The molecule has 2 N–H and O–H groups in total. The van der Waals surface area contributed by atoms with E-state index in [1.54, 1.807) is 47.4 Å². The summed E-state index contributed by atoms with van der Waals surface area (Å²) in [5.74, 6) is -1.09. The Balaban J connectivity index is 1.68. The lowest BCUT2D eigenvalue weighted by Crippen LogP contribution is -2.28. The van der Waals surface area contributed by atoms with Gasteiger partial charge in [0.2, 0.25) is 17.7 Å². The molecule has 0 aliphatic carbocycles. The molecule has 3 amide bonds. The first-order valence-electron chi connectivity index (χ1n) is 8.27. The largest absolute Gasteiger partial charge is 0.326 e. The molecule has 27 heavy (non-hydrogen) atoms. The molecular formula is C19H17Cl2N3O3. The van der Waals surface area contributed by atoms with Gasteiger partial charge in [-0.3, -0.25) is 14.4 Å². The van der Waals surface area contributed by atoms with E-state index in [1.807, 2.05) is 0 Å². The van der Waals surface area contributed by atoms with E-state index in [9.17, 15) is 14.4 Å². The molecule has 0 aromatic heterocycles. The number of benzene rings is 2. The summed E-state index contributed by atoms with van der Waals surface area (Å²) in [6, 6.07) is 11.7. The Labute approximate surface area is 166 Å². The molecule has 6 nitrogen and oxygen atoms in total. The summed E-state index contributed by atoms with van der Waals surface area (Å²) in [5.41, 5.74) is 1.73. The highest BCUT2D eigenvalue weighted by atomic mass is 35.5. The fourth-order valence-corrected chi connectivity index (χ4v) is 3.23. The third-order valence-electron chi connectivity index (χ3n) is 4.18. The molecule has 0 spiro atoms. The van der Waals surface area contributed by atoms with Crippen LogP contribution in [0.1, 0.15) is 13.3 Å². The van der Waals surface area contributed by atoms with Crippen LogP contribution >= 0.6 is 23.2 Å². The number of carbonyl (C=O) groups excluding carboxylic acids is 3. The van der Waals surface area contributed by atoms with Gasteiger partial charge in [0.25, 0.3) is 0 Å². The van der Waals surface area contributed by atoms with E-state index >= 15 is 0 Å². The zero-order valence-corrected chi connectivity index (χ0v) is 16.0. The lowest BCUT2D eigenvalue weighted by atomic mass is 10.1. The summed E-state index contributed by atoms with van der Waals surface area (Å²) in [6.45, 7) is 1.69. The van der Waals surface area contributed by atoms with Crippen LogP contribution in [0.15, 0.2) is 42.5 Å². The van der Waals surface area contributed by atoms with Crippen molar-refractivity contribution in [2.45, 2.75) is 13.3 Å². The minimum atomic E-state index is -0.498. The highest BCUT2D eigenvalue weighted by Gasteiger charge is 2.35. The molecule has 1 aliphatic heterocycles. The van der Waals surface area contributed by atoms with Gasteiger partial charge in [-0.2, -0.15) is 0 Å². The number of hydrogen-bond acceptors (Lipinski definition) is 3. The Kier molecular flexibility index (Phi) is 5.68. The molecule has 1 saturated heterocycles. The van der Waals surface area contributed by atoms with Crippen LogP contribution in [0.2, 0.25) is 10.0 Å². The zero-order chi connectivity index (χ0) is 19.6. The number of nitrogens with one attached hydrogen (secondary N) is 2. The Morgan fingerprint density at radius 2 is 1.78 bits per heavy atom. The first-order chi connectivity index (χ1) is 12.8. The second-order valence-electron chi connectivity index (χ2n) is 6.25. The van der Waals surface area contributed by atoms with E-state index in [1.165, 1.54) is 6.92 Å². The zero-order valence-electron chi connectivity index (χ0n) is 14.5. The maximum Gasteiger partial charge on any atom is 0.229 e. The lowest BCUT2D eigenvalue weighted by Gasteiger charge is -2.17. The Morgan fingerprint density at radius 1 is 1.07 bits per heavy atom. The Morgan fingerprint density at radius 3 is 2.44 bits per heavy atom. The highest BCUT2D eigenvalue weighted by Crippen LogP contribution is 2.29. The van der Waals surface area contributed by atoms with Crippen molar-refractivity contribution >= 4 is 58.0 Å². The first-order valence-corrected chi connectivity index (χ1v) is 9.03. The Bertz CT molecular complexity index is 900. The fraction of sp³-hybridized carbons (Fsp3) is 0.211. The molecule has 2 aromatic carbocycles. The van der Waals surface area contributed by atoms with Gasteiger partial charge in [0.15, 0.2) is 0 Å². The average Bonchev–Trinajstić information content (AvgIpc) is 3.00. The standard InChI is InChI=1S/C19H17Cl2N3O3/c1-11(25)22-14-3-5-15(6-4-14)24-10-12(8-18(24)26)19(27)23-17-9-13(20)2-7-16(17)21/h2-7,9,12H,8,10H2,1H3,(H,22,25)(H,23,27). The van der Waals surface area contributed by atoms with Gasteiger partial charge in [-0.1, -0.05) is 23.2 Å². The van der Waals surface area contributed by atoms with Gasteiger partial charge in [-0.25, -0.2) is 0 Å². The molecule has 3 rings (SSSR count). The first kappa shape index (κ1) is 19.2. The third-order valence-corrected chi connectivity index (χ3v) is 4.75. The summed E-state index contributed by atoms with van der Waals surface area (Å²) in [5, 5.41) is 6.24. The predicted molar refractivity (Wildman–Crippen MR) is 106 cm³/mol. The van der Waals surface area contributed by atoms with Crippen LogP contribution in [-0.2, 0) is 14.4 Å². The van der Waals surface area contributed by atoms with E-state index < -0.39 is 5.92 Å². The van der Waals surface area contributed by atoms with Crippen molar-refractivity contribution in [1.82, 2.24) is 0 Å². The van der Waals surface area contributed by atoms with Crippen molar-refractivity contribution in [1.29, 1.82) is 0 Å². The van der Waals surface area contributed by atoms with E-state index in [4.69, 9.17) is 23.2 Å². The number of anilines is 3. The molecule has 1 fully saturated rings. The summed E-state index contributed by atoms with van der Waals surface area (Å²) >= 11 is 12.0. The van der Waals surface area contributed by atoms with E-state index in [0.29, 0.717) is 27.1 Å². The molecule has 1 heterocycles. The van der Waals surface area contributed by atoms with Crippen LogP contribution in [0.4, 0.5) is 17.1 Å². The molecule has 0 saturated carbocycles. The molecule has 140 valence electrons.